The third kappa shape index (κ3) is 4.85. The second kappa shape index (κ2) is 9.36. The second-order valence-electron chi connectivity index (χ2n) is 7.84. The van der Waals surface area contributed by atoms with Gasteiger partial charge in [-0.05, 0) is 73.6 Å². The Labute approximate surface area is 183 Å². The minimum atomic E-state index is -0.108. The number of carbonyl (C=O) groups is 1. The molecule has 0 aromatic heterocycles. The first-order chi connectivity index (χ1) is 14.6. The number of aryl methyl sites for hydroxylation is 2. The van der Waals surface area contributed by atoms with Crippen molar-refractivity contribution in [3.8, 4) is 5.75 Å². The molecular weight excluding hydrogens is 394 g/mol. The molecule has 0 aliphatic heterocycles. The normalized spacial score (nSPS) is 13.9. The highest BCUT2D eigenvalue weighted by molar-refractivity contribution is 6.31. The molecule has 0 radical (unpaired) electrons. The van der Waals surface area contributed by atoms with E-state index in [0.29, 0.717) is 22.9 Å². The monoisotopic (exact) mass is 419 g/mol. The van der Waals surface area contributed by atoms with Crippen LogP contribution in [0.3, 0.4) is 0 Å². The Hall–Kier alpha value is -2.78. The molecule has 1 amide bonds. The van der Waals surface area contributed by atoms with Crippen molar-refractivity contribution in [2.75, 3.05) is 0 Å². The molecule has 4 heteroatoms. The summed E-state index contributed by atoms with van der Waals surface area (Å²) in [6, 6.07) is 21.4. The van der Waals surface area contributed by atoms with E-state index in [0.717, 1.165) is 24.0 Å². The number of benzene rings is 3. The van der Waals surface area contributed by atoms with Gasteiger partial charge in [0, 0.05) is 16.1 Å². The molecule has 1 atom stereocenters. The fourth-order valence-electron chi connectivity index (χ4n) is 3.89. The van der Waals surface area contributed by atoms with Crippen molar-refractivity contribution in [2.24, 2.45) is 0 Å². The highest BCUT2D eigenvalue weighted by Crippen LogP contribution is 2.25. The van der Waals surface area contributed by atoms with Gasteiger partial charge in [0.15, 0.2) is 0 Å². The Morgan fingerprint density at radius 3 is 2.63 bits per heavy atom. The summed E-state index contributed by atoms with van der Waals surface area (Å²) in [5.41, 5.74) is 5.52. The van der Waals surface area contributed by atoms with E-state index in [1.807, 2.05) is 43.3 Å². The summed E-state index contributed by atoms with van der Waals surface area (Å²) in [5, 5.41) is 3.79. The van der Waals surface area contributed by atoms with Crippen molar-refractivity contribution in [1.82, 2.24) is 5.32 Å². The molecule has 1 N–H and O–H groups in total. The van der Waals surface area contributed by atoms with Crippen molar-refractivity contribution in [3.63, 3.8) is 0 Å². The Morgan fingerprint density at radius 1 is 1.00 bits per heavy atom. The van der Waals surface area contributed by atoms with Gasteiger partial charge < -0.3 is 10.1 Å². The maximum absolute atomic E-state index is 12.8. The molecule has 3 aromatic carbocycles. The summed E-state index contributed by atoms with van der Waals surface area (Å²) in [7, 11) is 0. The number of carbonyl (C=O) groups excluding carboxylic acids is 1. The Morgan fingerprint density at radius 2 is 1.80 bits per heavy atom. The minimum Gasteiger partial charge on any atom is -0.489 e. The highest BCUT2D eigenvalue weighted by atomic mass is 35.5. The first kappa shape index (κ1) is 20.5. The molecule has 3 aromatic rings. The predicted molar refractivity (Wildman–Crippen MR) is 121 cm³/mol. The third-order valence-electron chi connectivity index (χ3n) is 5.67. The summed E-state index contributed by atoms with van der Waals surface area (Å²) < 4.78 is 5.85. The minimum absolute atomic E-state index is 0.0579. The van der Waals surface area contributed by atoms with E-state index >= 15 is 0 Å². The van der Waals surface area contributed by atoms with Crippen LogP contribution in [0.5, 0.6) is 5.75 Å². The van der Waals surface area contributed by atoms with Crippen LogP contribution in [-0.4, -0.2) is 5.91 Å². The number of hydrogen-bond donors (Lipinski definition) is 1. The van der Waals surface area contributed by atoms with Gasteiger partial charge in [-0.15, -0.1) is 0 Å². The van der Waals surface area contributed by atoms with Gasteiger partial charge in [0.25, 0.3) is 5.91 Å². The molecule has 30 heavy (non-hydrogen) atoms. The van der Waals surface area contributed by atoms with Crippen LogP contribution in [0.2, 0.25) is 5.02 Å². The van der Waals surface area contributed by atoms with Gasteiger partial charge in [-0.1, -0.05) is 54.1 Å². The van der Waals surface area contributed by atoms with Crippen LogP contribution in [0.1, 0.15) is 58.4 Å². The van der Waals surface area contributed by atoms with E-state index in [9.17, 15) is 4.79 Å². The SMILES string of the molecule is CC(NC(=O)c1cccc(OCc2ccccc2Cl)c1)c1ccc2c(c1)CCCC2. The molecule has 0 bridgehead atoms. The molecule has 154 valence electrons. The number of amides is 1. The second-order valence-corrected chi connectivity index (χ2v) is 8.25. The number of nitrogens with one attached hydrogen (secondary N) is 1. The molecular formula is C26H26ClNO2. The fourth-order valence-corrected chi connectivity index (χ4v) is 4.08. The van der Waals surface area contributed by atoms with Crippen molar-refractivity contribution < 1.29 is 9.53 Å². The lowest BCUT2D eigenvalue weighted by Gasteiger charge is -2.20. The smallest absolute Gasteiger partial charge is 0.251 e. The number of rotatable bonds is 6. The molecule has 4 rings (SSSR count). The van der Waals surface area contributed by atoms with Gasteiger partial charge in [0.05, 0.1) is 6.04 Å². The average Bonchev–Trinajstić information content (AvgIpc) is 2.78. The molecule has 0 saturated carbocycles. The standard InChI is InChI=1S/C26H26ClNO2/c1-18(20-14-13-19-7-2-3-8-21(19)15-20)28-26(29)22-10-6-11-24(16-22)30-17-23-9-4-5-12-25(23)27/h4-6,9-16,18H,2-3,7-8,17H2,1H3,(H,28,29). The largest absolute Gasteiger partial charge is 0.489 e. The molecule has 0 fully saturated rings. The first-order valence-electron chi connectivity index (χ1n) is 10.5. The van der Waals surface area contributed by atoms with Crippen LogP contribution in [0, 0.1) is 0 Å². The lowest BCUT2D eigenvalue weighted by atomic mass is 9.89. The van der Waals surface area contributed by atoms with E-state index in [1.165, 1.54) is 24.0 Å². The van der Waals surface area contributed by atoms with Crippen LogP contribution in [-0.2, 0) is 19.4 Å². The first-order valence-corrected chi connectivity index (χ1v) is 10.9. The number of ether oxygens (including phenoxy) is 1. The maximum Gasteiger partial charge on any atom is 0.251 e. The summed E-state index contributed by atoms with van der Waals surface area (Å²) in [5.74, 6) is 0.535. The summed E-state index contributed by atoms with van der Waals surface area (Å²) >= 11 is 6.19. The van der Waals surface area contributed by atoms with Crippen molar-refractivity contribution in [1.29, 1.82) is 0 Å². The van der Waals surface area contributed by atoms with Gasteiger partial charge in [0.2, 0.25) is 0 Å². The van der Waals surface area contributed by atoms with Crippen LogP contribution >= 0.6 is 11.6 Å². The van der Waals surface area contributed by atoms with Gasteiger partial charge in [-0.2, -0.15) is 0 Å². The van der Waals surface area contributed by atoms with Crippen molar-refractivity contribution in [2.45, 2.75) is 45.3 Å². The van der Waals surface area contributed by atoms with E-state index < -0.39 is 0 Å². The van der Waals surface area contributed by atoms with E-state index in [-0.39, 0.29) is 11.9 Å². The highest BCUT2D eigenvalue weighted by Gasteiger charge is 2.15. The van der Waals surface area contributed by atoms with Gasteiger partial charge >= 0.3 is 0 Å². The number of hydrogen-bond acceptors (Lipinski definition) is 2. The maximum atomic E-state index is 12.8. The Balaban J connectivity index is 1.41. The van der Waals surface area contributed by atoms with Crippen molar-refractivity contribution in [3.05, 3.63) is 99.6 Å². The third-order valence-corrected chi connectivity index (χ3v) is 6.04. The van der Waals surface area contributed by atoms with Crippen molar-refractivity contribution >= 4 is 17.5 Å². The predicted octanol–water partition coefficient (Wildman–Crippen LogP) is 6.29. The Bertz CT molecular complexity index is 1050. The van der Waals surface area contributed by atoms with E-state index in [4.69, 9.17) is 16.3 Å². The van der Waals surface area contributed by atoms with Gasteiger partial charge in [-0.25, -0.2) is 0 Å². The topological polar surface area (TPSA) is 38.3 Å². The fraction of sp³-hybridized carbons (Fsp3) is 0.269. The van der Waals surface area contributed by atoms with Crippen LogP contribution in [0.15, 0.2) is 66.7 Å². The van der Waals surface area contributed by atoms with E-state index in [1.54, 1.807) is 12.1 Å². The summed E-state index contributed by atoms with van der Waals surface area (Å²) in [6.45, 7) is 2.39. The molecule has 1 aliphatic carbocycles. The van der Waals surface area contributed by atoms with E-state index in [2.05, 4.69) is 23.5 Å². The van der Waals surface area contributed by atoms with Crippen LogP contribution in [0.25, 0.3) is 0 Å². The molecule has 1 unspecified atom stereocenters. The zero-order valence-electron chi connectivity index (χ0n) is 17.2. The zero-order chi connectivity index (χ0) is 20.9. The van der Waals surface area contributed by atoms with Gasteiger partial charge in [-0.3, -0.25) is 4.79 Å². The quantitative estimate of drug-likeness (QED) is 0.510. The summed E-state index contributed by atoms with van der Waals surface area (Å²) in [6.07, 6.45) is 4.82. The lowest BCUT2D eigenvalue weighted by molar-refractivity contribution is 0.0939. The molecule has 0 spiro atoms. The number of halogens is 1. The lowest BCUT2D eigenvalue weighted by Crippen LogP contribution is -2.26. The molecule has 0 saturated heterocycles. The van der Waals surface area contributed by atoms with Crippen LogP contribution < -0.4 is 10.1 Å². The van der Waals surface area contributed by atoms with Gasteiger partial charge in [0.1, 0.15) is 12.4 Å². The Kier molecular flexibility index (Phi) is 6.39. The van der Waals surface area contributed by atoms with Crippen LogP contribution in [0.4, 0.5) is 0 Å². The molecule has 1 aliphatic rings. The molecule has 3 nitrogen and oxygen atoms in total. The summed E-state index contributed by atoms with van der Waals surface area (Å²) in [4.78, 5) is 12.8. The molecule has 0 heterocycles. The number of fused-ring (bicyclic) bond motifs is 1. The average molecular weight is 420 g/mol. The zero-order valence-corrected chi connectivity index (χ0v) is 17.9.